The molecule has 0 aliphatic carbocycles. The van der Waals surface area contributed by atoms with Crippen LogP contribution in [0.5, 0.6) is 0 Å². The number of aliphatic hydroxyl groups excluding tert-OH is 2. The Morgan fingerprint density at radius 3 is 2.85 bits per heavy atom. The van der Waals surface area contributed by atoms with Crippen LogP contribution < -0.4 is 5.73 Å². The number of hydrogen-bond donors (Lipinski definition) is 3. The number of anilines is 1. The third-order valence-electron chi connectivity index (χ3n) is 3.20. The summed E-state index contributed by atoms with van der Waals surface area (Å²) in [6.07, 6.45) is -3.30. The first kappa shape index (κ1) is 13.1. The molecule has 1 fully saturated rings. The van der Waals surface area contributed by atoms with Crippen LogP contribution in [0.15, 0.2) is 12.7 Å². The van der Waals surface area contributed by atoms with Gasteiger partial charge in [-0.05, 0) is 0 Å². The molecule has 0 unspecified atom stereocenters. The molecule has 0 amide bonds. The lowest BCUT2D eigenvalue weighted by Gasteiger charge is -2.18. The summed E-state index contributed by atoms with van der Waals surface area (Å²) in [7, 11) is 0. The molecule has 1 aliphatic rings. The molecule has 10 heteroatoms. The number of rotatable bonds is 2. The zero-order valence-electron chi connectivity index (χ0n) is 10.0. The second-order valence-electron chi connectivity index (χ2n) is 4.43. The van der Waals surface area contributed by atoms with Crippen molar-refractivity contribution in [3.05, 3.63) is 12.7 Å². The van der Waals surface area contributed by atoms with Crippen LogP contribution in [0.3, 0.4) is 0 Å². The van der Waals surface area contributed by atoms with Crippen molar-refractivity contribution in [1.29, 1.82) is 0 Å². The molecular formula is C10H11F2N5O3. The molecule has 8 nitrogen and oxygen atoms in total. The van der Waals surface area contributed by atoms with E-state index in [0.29, 0.717) is 0 Å². The summed E-state index contributed by atoms with van der Waals surface area (Å²) in [4.78, 5) is 11.5. The maximum absolute atomic E-state index is 13.9. The van der Waals surface area contributed by atoms with Crippen LogP contribution in [0.25, 0.3) is 11.2 Å². The number of nitrogens with two attached hydrogens (primary N) is 1. The number of alkyl halides is 2. The quantitative estimate of drug-likeness (QED) is 0.667. The Balaban J connectivity index is 2.06. The van der Waals surface area contributed by atoms with Gasteiger partial charge in [-0.3, -0.25) is 4.57 Å². The van der Waals surface area contributed by atoms with Gasteiger partial charge in [-0.25, -0.2) is 23.7 Å². The monoisotopic (exact) mass is 287 g/mol. The summed E-state index contributed by atoms with van der Waals surface area (Å²) in [5, 5.41) is 18.6. The summed E-state index contributed by atoms with van der Waals surface area (Å²) in [5.74, 6) is -2.88. The number of ether oxygens (including phenoxy) is 1. The first-order valence-electron chi connectivity index (χ1n) is 5.70. The lowest BCUT2D eigenvalue weighted by atomic mass is 10.1. The second kappa shape index (κ2) is 4.30. The Labute approximate surface area is 110 Å². The summed E-state index contributed by atoms with van der Waals surface area (Å²) < 4.78 is 33.5. The molecule has 2 aromatic rings. The number of aliphatic hydroxyl groups is 2. The maximum atomic E-state index is 13.9. The molecule has 4 atom stereocenters. The Hall–Kier alpha value is -1.91. The second-order valence-corrected chi connectivity index (χ2v) is 4.43. The summed E-state index contributed by atoms with van der Waals surface area (Å²) in [6, 6.07) is 0. The van der Waals surface area contributed by atoms with Crippen LogP contribution in [-0.4, -0.2) is 54.5 Å². The third kappa shape index (κ3) is 1.65. The molecule has 0 radical (unpaired) electrons. The van der Waals surface area contributed by atoms with Crippen LogP contribution in [0, 0.1) is 0 Å². The van der Waals surface area contributed by atoms with E-state index >= 15 is 0 Å². The number of imidazole rings is 1. The summed E-state index contributed by atoms with van der Waals surface area (Å²) in [6.45, 7) is -1.22. The van der Waals surface area contributed by atoms with Crippen molar-refractivity contribution in [3.63, 3.8) is 0 Å². The predicted octanol–water partition coefficient (Wildman–Crippen LogP) is -0.706. The van der Waals surface area contributed by atoms with Gasteiger partial charge in [-0.15, -0.1) is 0 Å². The highest BCUT2D eigenvalue weighted by molar-refractivity contribution is 5.81. The fourth-order valence-corrected chi connectivity index (χ4v) is 2.14. The van der Waals surface area contributed by atoms with Crippen molar-refractivity contribution in [3.8, 4) is 0 Å². The first-order chi connectivity index (χ1) is 9.48. The Morgan fingerprint density at radius 1 is 1.45 bits per heavy atom. The molecule has 3 rings (SSSR count). The zero-order valence-corrected chi connectivity index (χ0v) is 10.0. The van der Waals surface area contributed by atoms with E-state index in [1.807, 2.05) is 0 Å². The highest BCUT2D eigenvalue weighted by Crippen LogP contribution is 2.40. The number of nitrogens with zero attached hydrogens (tertiary/aromatic N) is 4. The highest BCUT2D eigenvalue weighted by Gasteiger charge is 2.57. The number of hydrogen-bond acceptors (Lipinski definition) is 7. The normalized spacial score (nSPS) is 33.9. The van der Waals surface area contributed by atoms with E-state index in [-0.39, 0.29) is 17.0 Å². The highest BCUT2D eigenvalue weighted by atomic mass is 19.2. The van der Waals surface area contributed by atoms with E-state index < -0.39 is 31.0 Å². The molecule has 4 N–H and O–H groups in total. The van der Waals surface area contributed by atoms with Gasteiger partial charge in [0.25, 0.3) is 5.85 Å². The summed E-state index contributed by atoms with van der Waals surface area (Å²) in [5.41, 5.74) is 5.98. The minimum Gasteiger partial charge on any atom is -0.390 e. The van der Waals surface area contributed by atoms with E-state index in [1.165, 1.54) is 6.33 Å². The molecular weight excluding hydrogens is 276 g/mol. The molecule has 1 aliphatic heterocycles. The van der Waals surface area contributed by atoms with Crippen LogP contribution in [0.2, 0.25) is 0 Å². The van der Waals surface area contributed by atoms with Crippen molar-refractivity contribution >= 4 is 17.0 Å². The topological polar surface area (TPSA) is 119 Å². The average molecular weight is 287 g/mol. The van der Waals surface area contributed by atoms with E-state index in [0.717, 1.165) is 10.9 Å². The molecule has 2 aromatic heterocycles. The van der Waals surface area contributed by atoms with E-state index in [2.05, 4.69) is 15.0 Å². The molecule has 0 aromatic carbocycles. The van der Waals surface area contributed by atoms with Crippen molar-refractivity contribution in [2.45, 2.75) is 24.4 Å². The predicted molar refractivity (Wildman–Crippen MR) is 61.7 cm³/mol. The van der Waals surface area contributed by atoms with E-state index in [9.17, 15) is 13.9 Å². The Kier molecular flexibility index (Phi) is 2.81. The maximum Gasteiger partial charge on any atom is 0.268 e. The molecule has 0 bridgehead atoms. The molecule has 0 saturated carbocycles. The van der Waals surface area contributed by atoms with Crippen LogP contribution >= 0.6 is 0 Å². The van der Waals surface area contributed by atoms with Gasteiger partial charge in [0, 0.05) is 0 Å². The van der Waals surface area contributed by atoms with Crippen LogP contribution in [0.4, 0.5) is 14.6 Å². The summed E-state index contributed by atoms with van der Waals surface area (Å²) >= 11 is 0. The van der Waals surface area contributed by atoms with Crippen molar-refractivity contribution in [1.82, 2.24) is 19.5 Å². The fraction of sp³-hybridized carbons (Fsp3) is 0.500. The van der Waals surface area contributed by atoms with Crippen molar-refractivity contribution in [2.75, 3.05) is 12.3 Å². The standard InChI is InChI=1S/C10H11F2N5O3/c11-6-5(19)9(20-10(6,12)1-18)17-3-16-4-7(13)14-2-15-8(4)17/h2-3,5-6,9,18-19H,1H2,(H2,13,14,15)/t5-,6-,9+,10-/m0/s1. The van der Waals surface area contributed by atoms with E-state index in [1.54, 1.807) is 0 Å². The van der Waals surface area contributed by atoms with Crippen LogP contribution in [-0.2, 0) is 4.74 Å². The minimum absolute atomic E-state index is 0.0895. The largest absolute Gasteiger partial charge is 0.390 e. The van der Waals surface area contributed by atoms with Gasteiger partial charge in [0.15, 0.2) is 23.9 Å². The number of fused-ring (bicyclic) bond motifs is 1. The van der Waals surface area contributed by atoms with Gasteiger partial charge in [0.2, 0.25) is 0 Å². The van der Waals surface area contributed by atoms with Crippen LogP contribution in [0.1, 0.15) is 6.23 Å². The smallest absolute Gasteiger partial charge is 0.268 e. The minimum atomic E-state index is -2.97. The van der Waals surface area contributed by atoms with Gasteiger partial charge < -0.3 is 20.7 Å². The third-order valence-corrected chi connectivity index (χ3v) is 3.20. The number of nitrogen functional groups attached to an aromatic ring is 1. The molecule has 1 saturated heterocycles. The SMILES string of the molecule is Nc1ncnc2c1ncn2[C@@H]1O[C@@](F)(CO)[C@@H](F)[C@@H]1O. The molecule has 3 heterocycles. The van der Waals surface area contributed by atoms with E-state index in [4.69, 9.17) is 15.6 Å². The van der Waals surface area contributed by atoms with Crippen molar-refractivity contribution in [2.24, 2.45) is 0 Å². The Bertz CT molecular complexity index is 653. The molecule has 0 spiro atoms. The van der Waals surface area contributed by atoms with Gasteiger partial charge in [-0.2, -0.15) is 0 Å². The first-order valence-corrected chi connectivity index (χ1v) is 5.70. The van der Waals surface area contributed by atoms with Crippen molar-refractivity contribution < 1.29 is 23.7 Å². The lowest BCUT2D eigenvalue weighted by Crippen LogP contribution is -2.39. The molecule has 108 valence electrons. The average Bonchev–Trinajstić information content (AvgIpc) is 2.96. The zero-order chi connectivity index (χ0) is 14.5. The fourth-order valence-electron chi connectivity index (χ4n) is 2.14. The van der Waals surface area contributed by atoms with Gasteiger partial charge in [0.1, 0.15) is 24.6 Å². The molecule has 20 heavy (non-hydrogen) atoms. The number of halogens is 2. The number of aromatic nitrogens is 4. The van der Waals surface area contributed by atoms with Gasteiger partial charge in [0.05, 0.1) is 6.33 Å². The van der Waals surface area contributed by atoms with Gasteiger partial charge >= 0.3 is 0 Å². The Morgan fingerprint density at radius 2 is 2.20 bits per heavy atom. The van der Waals surface area contributed by atoms with Gasteiger partial charge in [-0.1, -0.05) is 0 Å². The lowest BCUT2D eigenvalue weighted by molar-refractivity contribution is -0.195.